The normalized spacial score (nSPS) is 20.1. The van der Waals surface area contributed by atoms with Crippen LogP contribution in [0.2, 0.25) is 0 Å². The van der Waals surface area contributed by atoms with Crippen molar-refractivity contribution >= 4 is 23.2 Å². The molecule has 1 aliphatic rings. The quantitative estimate of drug-likeness (QED) is 0.751. The van der Waals surface area contributed by atoms with Crippen LogP contribution in [0.15, 0.2) is 35.2 Å². The molecular formula is C14H16OS. The first-order valence-electron chi connectivity index (χ1n) is 5.50. The van der Waals surface area contributed by atoms with Crippen molar-refractivity contribution in [3.8, 4) is 0 Å². The minimum absolute atomic E-state index is 0.112. The minimum Gasteiger partial charge on any atom is -0.295 e. The highest BCUT2D eigenvalue weighted by atomic mass is 32.1. The van der Waals surface area contributed by atoms with Crippen molar-refractivity contribution < 1.29 is 4.79 Å². The average Bonchev–Trinajstić information content (AvgIpc) is 2.63. The summed E-state index contributed by atoms with van der Waals surface area (Å²) in [5, 5.41) is 2.06. The molecule has 0 amide bonds. The predicted octanol–water partition coefficient (Wildman–Crippen LogP) is 4.08. The van der Waals surface area contributed by atoms with Crippen molar-refractivity contribution in [2.45, 2.75) is 26.7 Å². The zero-order valence-electron chi connectivity index (χ0n) is 9.69. The fraction of sp³-hybridized carbons (Fsp3) is 0.357. The van der Waals surface area contributed by atoms with E-state index in [1.807, 2.05) is 6.07 Å². The van der Waals surface area contributed by atoms with E-state index < -0.39 is 0 Å². The molecule has 1 aromatic rings. The van der Waals surface area contributed by atoms with E-state index >= 15 is 0 Å². The van der Waals surface area contributed by atoms with Gasteiger partial charge in [0.1, 0.15) is 0 Å². The van der Waals surface area contributed by atoms with Crippen LogP contribution < -0.4 is 0 Å². The lowest BCUT2D eigenvalue weighted by Gasteiger charge is -2.27. The maximum atomic E-state index is 11.5. The van der Waals surface area contributed by atoms with Crippen LogP contribution in [-0.4, -0.2) is 5.78 Å². The molecule has 16 heavy (non-hydrogen) atoms. The van der Waals surface area contributed by atoms with Crippen molar-refractivity contribution in [1.29, 1.82) is 0 Å². The summed E-state index contributed by atoms with van der Waals surface area (Å²) in [5.41, 5.74) is 1.26. The van der Waals surface area contributed by atoms with Gasteiger partial charge >= 0.3 is 0 Å². The summed E-state index contributed by atoms with van der Waals surface area (Å²) < 4.78 is 0. The molecule has 0 atom stereocenters. The van der Waals surface area contributed by atoms with E-state index in [0.717, 1.165) is 12.0 Å². The van der Waals surface area contributed by atoms with E-state index in [-0.39, 0.29) is 11.2 Å². The fourth-order valence-electron chi connectivity index (χ4n) is 2.08. The summed E-state index contributed by atoms with van der Waals surface area (Å²) >= 11 is 1.71. The molecule has 0 unspecified atom stereocenters. The number of hydrogen-bond donors (Lipinski definition) is 0. The lowest BCUT2D eigenvalue weighted by molar-refractivity contribution is -0.116. The van der Waals surface area contributed by atoms with Gasteiger partial charge in [0.2, 0.25) is 0 Å². The largest absolute Gasteiger partial charge is 0.295 e. The molecule has 2 rings (SSSR count). The third-order valence-electron chi connectivity index (χ3n) is 2.69. The maximum Gasteiger partial charge on any atom is 0.156 e. The first-order valence-corrected chi connectivity index (χ1v) is 6.38. The summed E-state index contributed by atoms with van der Waals surface area (Å²) in [7, 11) is 0. The first kappa shape index (κ1) is 11.3. The van der Waals surface area contributed by atoms with Crippen LogP contribution in [0.25, 0.3) is 6.08 Å². The zero-order valence-corrected chi connectivity index (χ0v) is 10.5. The summed E-state index contributed by atoms with van der Waals surface area (Å²) in [6, 6.07) is 4.12. The van der Waals surface area contributed by atoms with E-state index in [1.165, 1.54) is 4.88 Å². The van der Waals surface area contributed by atoms with Crippen molar-refractivity contribution in [3.05, 3.63) is 40.1 Å². The Morgan fingerprint density at radius 2 is 2.12 bits per heavy atom. The average molecular weight is 232 g/mol. The molecule has 1 nitrogen and oxygen atoms in total. The van der Waals surface area contributed by atoms with Crippen LogP contribution in [0, 0.1) is 5.41 Å². The van der Waals surface area contributed by atoms with Gasteiger partial charge in [0, 0.05) is 11.3 Å². The van der Waals surface area contributed by atoms with Gasteiger partial charge in [-0.2, -0.15) is 0 Å². The molecule has 0 aromatic carbocycles. The highest BCUT2D eigenvalue weighted by Crippen LogP contribution is 2.34. The molecule has 0 aliphatic heterocycles. The Labute approximate surface area is 100 Å². The Kier molecular flexibility index (Phi) is 3.10. The van der Waals surface area contributed by atoms with Gasteiger partial charge in [-0.3, -0.25) is 4.79 Å². The van der Waals surface area contributed by atoms with E-state index in [4.69, 9.17) is 0 Å². The number of thiophene rings is 1. The third-order valence-corrected chi connectivity index (χ3v) is 3.52. The van der Waals surface area contributed by atoms with Crippen molar-refractivity contribution in [2.75, 3.05) is 0 Å². The van der Waals surface area contributed by atoms with Gasteiger partial charge in [0.05, 0.1) is 0 Å². The maximum absolute atomic E-state index is 11.5. The molecule has 0 N–H and O–H groups in total. The molecule has 1 aromatic heterocycles. The molecule has 0 saturated carbocycles. The number of rotatable bonds is 2. The van der Waals surface area contributed by atoms with Gasteiger partial charge in [0.15, 0.2) is 5.78 Å². The number of hydrogen-bond acceptors (Lipinski definition) is 2. The topological polar surface area (TPSA) is 17.1 Å². The van der Waals surface area contributed by atoms with E-state index in [2.05, 4.69) is 37.4 Å². The Bertz CT molecular complexity index is 435. The van der Waals surface area contributed by atoms with E-state index in [1.54, 1.807) is 17.4 Å². The number of carbonyl (C=O) groups is 1. The molecule has 0 saturated heterocycles. The second-order valence-corrected chi connectivity index (χ2v) is 6.03. The van der Waals surface area contributed by atoms with Crippen LogP contribution >= 0.6 is 11.3 Å². The number of carbonyl (C=O) groups excluding carboxylic acids is 1. The summed E-state index contributed by atoms with van der Waals surface area (Å²) in [4.78, 5) is 12.8. The summed E-state index contributed by atoms with van der Waals surface area (Å²) in [5.74, 6) is 0.252. The molecule has 1 aliphatic carbocycles. The highest BCUT2D eigenvalue weighted by Gasteiger charge is 2.26. The second kappa shape index (κ2) is 4.38. The molecule has 84 valence electrons. The van der Waals surface area contributed by atoms with Gasteiger partial charge in [0.25, 0.3) is 0 Å². The van der Waals surface area contributed by atoms with Gasteiger partial charge in [-0.25, -0.2) is 0 Å². The number of allylic oxidation sites excluding steroid dienone is 3. The van der Waals surface area contributed by atoms with Crippen LogP contribution in [0.1, 0.15) is 31.6 Å². The zero-order chi connectivity index (χ0) is 11.6. The van der Waals surface area contributed by atoms with Crippen LogP contribution in [0.5, 0.6) is 0 Å². The van der Waals surface area contributed by atoms with Gasteiger partial charge in [-0.15, -0.1) is 11.3 Å². The fourth-order valence-corrected chi connectivity index (χ4v) is 2.70. The first-order chi connectivity index (χ1) is 7.55. The molecule has 0 fully saturated rings. The monoisotopic (exact) mass is 232 g/mol. The Hall–Kier alpha value is -1.15. The van der Waals surface area contributed by atoms with Crippen molar-refractivity contribution in [1.82, 2.24) is 0 Å². The molecular weight excluding hydrogens is 216 g/mol. The lowest BCUT2D eigenvalue weighted by atomic mass is 9.77. The Morgan fingerprint density at radius 3 is 2.75 bits per heavy atom. The van der Waals surface area contributed by atoms with Gasteiger partial charge in [-0.1, -0.05) is 26.0 Å². The highest BCUT2D eigenvalue weighted by molar-refractivity contribution is 7.10. The van der Waals surface area contributed by atoms with E-state index in [0.29, 0.717) is 6.42 Å². The molecule has 1 heterocycles. The molecule has 2 heteroatoms. The third kappa shape index (κ3) is 2.92. The van der Waals surface area contributed by atoms with Crippen LogP contribution in [0.4, 0.5) is 0 Å². The standard InChI is InChI=1S/C14H16OS/c1-14(2)9-11(8-12(15)10-14)5-6-13-4-3-7-16-13/h3-8H,9-10H2,1-2H3/b6-5+. The minimum atomic E-state index is 0.112. The predicted molar refractivity (Wildman–Crippen MR) is 69.5 cm³/mol. The Morgan fingerprint density at radius 1 is 1.31 bits per heavy atom. The number of ketones is 1. The lowest BCUT2D eigenvalue weighted by Crippen LogP contribution is -2.21. The Balaban J connectivity index is 2.13. The van der Waals surface area contributed by atoms with Crippen molar-refractivity contribution in [2.24, 2.45) is 5.41 Å². The summed E-state index contributed by atoms with van der Waals surface area (Å²) in [6.07, 6.45) is 7.61. The second-order valence-electron chi connectivity index (χ2n) is 5.05. The van der Waals surface area contributed by atoms with Crippen LogP contribution in [0.3, 0.4) is 0 Å². The SMILES string of the molecule is CC1(C)CC(=O)C=C(/C=C/c2cccs2)C1. The van der Waals surface area contributed by atoms with Gasteiger partial charge in [-0.05, 0) is 41.0 Å². The molecule has 0 bridgehead atoms. The smallest absolute Gasteiger partial charge is 0.156 e. The molecule has 0 radical (unpaired) electrons. The van der Waals surface area contributed by atoms with Crippen LogP contribution in [-0.2, 0) is 4.79 Å². The molecule has 0 spiro atoms. The summed E-state index contributed by atoms with van der Waals surface area (Å²) in [6.45, 7) is 4.30. The van der Waals surface area contributed by atoms with E-state index in [9.17, 15) is 4.79 Å². The van der Waals surface area contributed by atoms with Crippen molar-refractivity contribution in [3.63, 3.8) is 0 Å². The van der Waals surface area contributed by atoms with Gasteiger partial charge < -0.3 is 0 Å².